The van der Waals surface area contributed by atoms with Crippen molar-refractivity contribution in [1.82, 2.24) is 14.9 Å². The minimum atomic E-state index is -0.476. The summed E-state index contributed by atoms with van der Waals surface area (Å²) in [6.07, 6.45) is 3.79. The second kappa shape index (κ2) is 6.70. The minimum absolute atomic E-state index is 0.219. The van der Waals surface area contributed by atoms with Crippen LogP contribution in [-0.2, 0) is 11.4 Å². The third kappa shape index (κ3) is 3.29. The topological polar surface area (TPSA) is 75.6 Å². The fourth-order valence-corrected chi connectivity index (χ4v) is 2.45. The lowest BCUT2D eigenvalue weighted by atomic mass is 10.0. The molecule has 23 heavy (non-hydrogen) atoms. The molecular formula is C16H16FN3O3. The Morgan fingerprint density at radius 3 is 2.74 bits per heavy atom. The quantitative estimate of drug-likeness (QED) is 0.811. The van der Waals surface area contributed by atoms with Crippen LogP contribution in [0, 0.1) is 11.7 Å². The van der Waals surface area contributed by atoms with Gasteiger partial charge in [-0.25, -0.2) is 14.4 Å². The van der Waals surface area contributed by atoms with Crippen LogP contribution < -0.4 is 4.74 Å². The van der Waals surface area contributed by atoms with E-state index in [1.165, 1.54) is 18.5 Å². The molecule has 2 heterocycles. The van der Waals surface area contributed by atoms with Gasteiger partial charge < -0.3 is 14.7 Å². The van der Waals surface area contributed by atoms with Gasteiger partial charge in [0.2, 0.25) is 6.41 Å². The number of ether oxygens (including phenoxy) is 1. The lowest BCUT2D eigenvalue weighted by Gasteiger charge is -2.35. The van der Waals surface area contributed by atoms with Crippen LogP contribution in [0.1, 0.15) is 5.56 Å². The molecule has 1 N–H and O–H groups in total. The molecule has 1 saturated heterocycles. The zero-order valence-electron chi connectivity index (χ0n) is 12.4. The van der Waals surface area contributed by atoms with Gasteiger partial charge in [0.05, 0.1) is 13.2 Å². The van der Waals surface area contributed by atoms with E-state index in [2.05, 4.69) is 9.97 Å². The Hall–Kier alpha value is -2.54. The SMILES string of the molecule is O=CN1CC(COc2ncc(-c3cccc(CO)c3F)cn2)C1. The van der Waals surface area contributed by atoms with Gasteiger partial charge in [-0.2, -0.15) is 0 Å². The molecule has 120 valence electrons. The van der Waals surface area contributed by atoms with Crippen LogP contribution >= 0.6 is 0 Å². The van der Waals surface area contributed by atoms with Gasteiger partial charge >= 0.3 is 6.01 Å². The van der Waals surface area contributed by atoms with Gasteiger partial charge in [0.25, 0.3) is 0 Å². The normalized spacial score (nSPS) is 14.4. The first-order valence-electron chi connectivity index (χ1n) is 7.24. The molecule has 1 aromatic carbocycles. The number of benzene rings is 1. The number of rotatable bonds is 6. The van der Waals surface area contributed by atoms with Crippen molar-refractivity contribution in [3.05, 3.63) is 42.0 Å². The summed E-state index contributed by atoms with van der Waals surface area (Å²) in [5.41, 5.74) is 1.08. The van der Waals surface area contributed by atoms with E-state index < -0.39 is 5.82 Å². The van der Waals surface area contributed by atoms with E-state index in [0.717, 1.165) is 6.41 Å². The van der Waals surface area contributed by atoms with Crippen LogP contribution in [0.3, 0.4) is 0 Å². The van der Waals surface area contributed by atoms with Crippen molar-refractivity contribution < 1.29 is 19.0 Å². The molecule has 1 fully saturated rings. The summed E-state index contributed by atoms with van der Waals surface area (Å²) in [6, 6.07) is 5.02. The molecule has 0 radical (unpaired) electrons. The zero-order chi connectivity index (χ0) is 16.2. The maximum atomic E-state index is 14.2. The fourth-order valence-electron chi connectivity index (χ4n) is 2.45. The first kappa shape index (κ1) is 15.4. The highest BCUT2D eigenvalue weighted by molar-refractivity contribution is 5.63. The number of amides is 1. The molecule has 3 rings (SSSR count). The number of aliphatic hydroxyl groups excluding tert-OH is 1. The van der Waals surface area contributed by atoms with Gasteiger partial charge in [-0.05, 0) is 0 Å². The summed E-state index contributed by atoms with van der Waals surface area (Å²) in [5.74, 6) is -0.183. The molecule has 0 spiro atoms. The molecule has 0 aliphatic carbocycles. The molecule has 7 heteroatoms. The number of nitrogens with zero attached hydrogens (tertiary/aromatic N) is 3. The van der Waals surface area contributed by atoms with E-state index in [0.29, 0.717) is 36.7 Å². The fraction of sp³-hybridized carbons (Fsp3) is 0.312. The second-order valence-electron chi connectivity index (χ2n) is 5.43. The smallest absolute Gasteiger partial charge is 0.316 e. The Morgan fingerprint density at radius 1 is 1.35 bits per heavy atom. The number of aliphatic hydroxyl groups is 1. The molecule has 6 nitrogen and oxygen atoms in total. The van der Waals surface area contributed by atoms with E-state index in [9.17, 15) is 9.18 Å². The largest absolute Gasteiger partial charge is 0.463 e. The number of hydrogen-bond donors (Lipinski definition) is 1. The molecule has 0 bridgehead atoms. The summed E-state index contributed by atoms with van der Waals surface area (Å²) in [5, 5.41) is 9.10. The van der Waals surface area contributed by atoms with Crippen LogP contribution in [0.2, 0.25) is 0 Å². The third-order valence-electron chi connectivity index (χ3n) is 3.77. The Labute approximate surface area is 132 Å². The number of halogens is 1. The summed E-state index contributed by atoms with van der Waals surface area (Å²) < 4.78 is 19.6. The first-order valence-corrected chi connectivity index (χ1v) is 7.24. The number of carbonyl (C=O) groups is 1. The van der Waals surface area contributed by atoms with Crippen molar-refractivity contribution in [3.8, 4) is 17.1 Å². The van der Waals surface area contributed by atoms with Crippen molar-refractivity contribution in [3.63, 3.8) is 0 Å². The maximum Gasteiger partial charge on any atom is 0.316 e. The summed E-state index contributed by atoms with van der Waals surface area (Å²) in [6.45, 7) is 1.44. The Kier molecular flexibility index (Phi) is 4.47. The highest BCUT2D eigenvalue weighted by Crippen LogP contribution is 2.24. The van der Waals surface area contributed by atoms with Gasteiger partial charge in [0.15, 0.2) is 0 Å². The van der Waals surface area contributed by atoms with E-state index in [-0.39, 0.29) is 18.2 Å². The lowest BCUT2D eigenvalue weighted by molar-refractivity contribution is -0.124. The highest BCUT2D eigenvalue weighted by Gasteiger charge is 2.26. The Morgan fingerprint density at radius 2 is 2.09 bits per heavy atom. The molecule has 0 saturated carbocycles. The summed E-state index contributed by atoms with van der Waals surface area (Å²) in [7, 11) is 0. The van der Waals surface area contributed by atoms with Gasteiger partial charge in [-0.3, -0.25) is 4.79 Å². The molecular weight excluding hydrogens is 301 g/mol. The zero-order valence-corrected chi connectivity index (χ0v) is 12.4. The Balaban J connectivity index is 1.64. The number of carbonyl (C=O) groups excluding carboxylic acids is 1. The van der Waals surface area contributed by atoms with E-state index in [4.69, 9.17) is 9.84 Å². The van der Waals surface area contributed by atoms with Crippen molar-refractivity contribution in [1.29, 1.82) is 0 Å². The van der Waals surface area contributed by atoms with Crippen molar-refractivity contribution >= 4 is 6.41 Å². The standard InChI is InChI=1S/C16H16FN3O3/c17-15-12(8-21)2-1-3-14(15)13-4-18-16(19-5-13)23-9-11-6-20(7-11)10-22/h1-5,10-11,21H,6-9H2. The van der Waals surface area contributed by atoms with Gasteiger partial charge in [0, 0.05) is 48.1 Å². The first-order chi connectivity index (χ1) is 11.2. The molecule has 1 aliphatic rings. The summed E-state index contributed by atoms with van der Waals surface area (Å²) in [4.78, 5) is 20.3. The maximum absolute atomic E-state index is 14.2. The van der Waals surface area contributed by atoms with Crippen LogP contribution in [0.25, 0.3) is 11.1 Å². The molecule has 1 aliphatic heterocycles. The Bertz CT molecular complexity index is 687. The third-order valence-corrected chi connectivity index (χ3v) is 3.77. The molecule has 1 aromatic heterocycles. The van der Waals surface area contributed by atoms with Gasteiger partial charge in [-0.1, -0.05) is 18.2 Å². The van der Waals surface area contributed by atoms with Gasteiger partial charge in [-0.15, -0.1) is 0 Å². The number of aromatic nitrogens is 2. The van der Waals surface area contributed by atoms with Crippen LogP contribution in [0.4, 0.5) is 4.39 Å². The van der Waals surface area contributed by atoms with Crippen molar-refractivity contribution in [2.45, 2.75) is 6.61 Å². The molecule has 2 aromatic rings. The minimum Gasteiger partial charge on any atom is -0.463 e. The predicted molar refractivity (Wildman–Crippen MR) is 80.0 cm³/mol. The van der Waals surface area contributed by atoms with E-state index in [1.54, 1.807) is 17.0 Å². The van der Waals surface area contributed by atoms with E-state index >= 15 is 0 Å². The number of likely N-dealkylation sites (tertiary alicyclic amines) is 1. The van der Waals surface area contributed by atoms with E-state index in [1.807, 2.05) is 0 Å². The van der Waals surface area contributed by atoms with Gasteiger partial charge in [0.1, 0.15) is 5.82 Å². The van der Waals surface area contributed by atoms with Crippen molar-refractivity contribution in [2.75, 3.05) is 19.7 Å². The second-order valence-corrected chi connectivity index (χ2v) is 5.43. The molecule has 0 atom stereocenters. The summed E-state index contributed by atoms with van der Waals surface area (Å²) >= 11 is 0. The van der Waals surface area contributed by atoms with Crippen molar-refractivity contribution in [2.24, 2.45) is 5.92 Å². The van der Waals surface area contributed by atoms with Crippen LogP contribution in [-0.4, -0.2) is 46.1 Å². The average Bonchev–Trinajstić information content (AvgIpc) is 2.54. The highest BCUT2D eigenvalue weighted by atomic mass is 19.1. The number of hydrogen-bond acceptors (Lipinski definition) is 5. The monoisotopic (exact) mass is 317 g/mol. The molecule has 0 unspecified atom stereocenters. The lowest BCUT2D eigenvalue weighted by Crippen LogP contribution is -2.48. The average molecular weight is 317 g/mol. The molecule has 1 amide bonds. The van der Waals surface area contributed by atoms with Crippen LogP contribution in [0.15, 0.2) is 30.6 Å². The predicted octanol–water partition coefficient (Wildman–Crippen LogP) is 1.24. The van der Waals surface area contributed by atoms with Crippen LogP contribution in [0.5, 0.6) is 6.01 Å².